The lowest BCUT2D eigenvalue weighted by molar-refractivity contribution is 0.102. The fourth-order valence-electron chi connectivity index (χ4n) is 2.42. The van der Waals surface area contributed by atoms with Gasteiger partial charge in [0.1, 0.15) is 0 Å². The first-order valence-electron chi connectivity index (χ1n) is 7.04. The number of anilines is 3. The Morgan fingerprint density at radius 3 is 2.55 bits per heavy atom. The fourth-order valence-corrected chi connectivity index (χ4v) is 2.59. The van der Waals surface area contributed by atoms with Gasteiger partial charge in [0.05, 0.1) is 29.2 Å². The zero-order valence-corrected chi connectivity index (χ0v) is 13.2. The smallest absolute Gasteiger partial charge is 0.257 e. The summed E-state index contributed by atoms with van der Waals surface area (Å²) in [5.74, 6) is -0.183. The van der Waals surface area contributed by atoms with Gasteiger partial charge in [-0.1, -0.05) is 31.5 Å². The van der Waals surface area contributed by atoms with E-state index in [1.54, 1.807) is 18.2 Å². The van der Waals surface area contributed by atoms with Gasteiger partial charge in [-0.05, 0) is 35.9 Å². The van der Waals surface area contributed by atoms with Crippen LogP contribution in [-0.4, -0.2) is 17.6 Å². The predicted octanol–water partition coefficient (Wildman–Crippen LogP) is 3.92. The van der Waals surface area contributed by atoms with Crippen molar-refractivity contribution in [3.05, 3.63) is 52.5 Å². The van der Waals surface area contributed by atoms with Gasteiger partial charge in [-0.15, -0.1) is 0 Å². The van der Waals surface area contributed by atoms with Crippen molar-refractivity contribution in [1.82, 2.24) is 0 Å². The molecule has 0 bridgehead atoms. The number of hydrogen-bond donors (Lipinski definition) is 3. The minimum absolute atomic E-state index is 0.0307. The van der Waals surface area contributed by atoms with Crippen molar-refractivity contribution < 1.29 is 9.90 Å². The summed E-state index contributed by atoms with van der Waals surface area (Å²) in [6.45, 7) is 3.94. The molecule has 4 nitrogen and oxygen atoms in total. The van der Waals surface area contributed by atoms with Gasteiger partial charge in [0.15, 0.2) is 0 Å². The average molecular weight is 317 g/mol. The van der Waals surface area contributed by atoms with Crippen LogP contribution in [0.2, 0.25) is 5.02 Å². The second-order valence-electron chi connectivity index (χ2n) is 6.07. The third-order valence-electron chi connectivity index (χ3n) is 3.94. The van der Waals surface area contributed by atoms with E-state index in [0.29, 0.717) is 22.0 Å². The van der Waals surface area contributed by atoms with Crippen LogP contribution in [0.25, 0.3) is 0 Å². The number of fused-ring (bicyclic) bond motifs is 2. The summed E-state index contributed by atoms with van der Waals surface area (Å²) in [6, 6.07) is 10.9. The quantitative estimate of drug-likeness (QED) is 0.787. The third-order valence-corrected chi connectivity index (χ3v) is 4.18. The van der Waals surface area contributed by atoms with Crippen molar-refractivity contribution in [2.75, 3.05) is 17.2 Å². The third kappa shape index (κ3) is 2.56. The Morgan fingerprint density at radius 2 is 1.82 bits per heavy atom. The van der Waals surface area contributed by atoms with Gasteiger partial charge in [-0.2, -0.15) is 0 Å². The Kier molecular flexibility index (Phi) is 3.59. The normalized spacial score (nSPS) is 13.5. The average Bonchev–Trinajstić information content (AvgIpc) is 2.61. The van der Waals surface area contributed by atoms with Crippen LogP contribution >= 0.6 is 11.6 Å². The highest BCUT2D eigenvalue weighted by Gasteiger charge is 2.23. The maximum absolute atomic E-state index is 12.4. The molecule has 1 aliphatic heterocycles. The molecule has 2 aromatic rings. The zero-order valence-electron chi connectivity index (χ0n) is 12.4. The molecular weight excluding hydrogens is 300 g/mol. The Hall–Kier alpha value is -2.04. The van der Waals surface area contributed by atoms with E-state index in [9.17, 15) is 9.90 Å². The topological polar surface area (TPSA) is 61.4 Å². The SMILES string of the molecule is CC(C)(CO)c1ccc2c(c1)NC(=O)c1ccc(Cl)cc1N2. The summed E-state index contributed by atoms with van der Waals surface area (Å²) in [6.07, 6.45) is 0. The minimum atomic E-state index is -0.373. The Morgan fingerprint density at radius 1 is 1.05 bits per heavy atom. The first kappa shape index (κ1) is 14.9. The van der Waals surface area contributed by atoms with Crippen LogP contribution in [0.1, 0.15) is 29.8 Å². The van der Waals surface area contributed by atoms with Crippen LogP contribution < -0.4 is 10.6 Å². The van der Waals surface area contributed by atoms with Crippen molar-refractivity contribution in [3.8, 4) is 0 Å². The molecule has 0 fully saturated rings. The predicted molar refractivity (Wildman–Crippen MR) is 89.2 cm³/mol. The fraction of sp³-hybridized carbons (Fsp3) is 0.235. The van der Waals surface area contributed by atoms with Gasteiger partial charge >= 0.3 is 0 Å². The lowest BCUT2D eigenvalue weighted by Gasteiger charge is -2.23. The summed E-state index contributed by atoms with van der Waals surface area (Å²) >= 11 is 6.01. The molecule has 1 aliphatic rings. The first-order valence-corrected chi connectivity index (χ1v) is 7.42. The Balaban J connectivity index is 2.08. The zero-order chi connectivity index (χ0) is 15.9. The Bertz CT molecular complexity index is 756. The number of hydrogen-bond acceptors (Lipinski definition) is 3. The van der Waals surface area contributed by atoms with Gasteiger partial charge in [0.2, 0.25) is 0 Å². The number of benzene rings is 2. The number of rotatable bonds is 2. The van der Waals surface area contributed by atoms with E-state index in [2.05, 4.69) is 10.6 Å². The summed E-state index contributed by atoms with van der Waals surface area (Å²) in [5.41, 5.74) is 3.30. The van der Waals surface area contributed by atoms with Crippen LogP contribution in [0.3, 0.4) is 0 Å². The maximum Gasteiger partial charge on any atom is 0.257 e. The van der Waals surface area contributed by atoms with Crippen LogP contribution in [0.4, 0.5) is 17.1 Å². The van der Waals surface area contributed by atoms with Crippen LogP contribution in [0.5, 0.6) is 0 Å². The maximum atomic E-state index is 12.4. The number of carbonyl (C=O) groups excluding carboxylic acids is 1. The molecule has 0 aromatic heterocycles. The minimum Gasteiger partial charge on any atom is -0.395 e. The molecule has 3 rings (SSSR count). The van der Waals surface area contributed by atoms with E-state index >= 15 is 0 Å². The van der Waals surface area contributed by atoms with Crippen molar-refractivity contribution in [1.29, 1.82) is 0 Å². The molecule has 0 saturated carbocycles. The van der Waals surface area contributed by atoms with Gasteiger partial charge in [-0.3, -0.25) is 4.79 Å². The van der Waals surface area contributed by atoms with Crippen LogP contribution in [0.15, 0.2) is 36.4 Å². The lowest BCUT2D eigenvalue weighted by Crippen LogP contribution is -2.22. The van der Waals surface area contributed by atoms with Crippen LogP contribution in [0, 0.1) is 0 Å². The molecule has 0 radical (unpaired) electrons. The lowest BCUT2D eigenvalue weighted by atomic mass is 9.85. The molecule has 0 unspecified atom stereocenters. The molecule has 1 heterocycles. The summed E-state index contributed by atoms with van der Waals surface area (Å²) in [4.78, 5) is 12.4. The van der Waals surface area contributed by atoms with Crippen LogP contribution in [-0.2, 0) is 5.41 Å². The van der Waals surface area contributed by atoms with Gasteiger partial charge in [0, 0.05) is 10.4 Å². The number of aliphatic hydroxyl groups is 1. The number of carbonyl (C=O) groups is 1. The van der Waals surface area contributed by atoms with Crippen molar-refractivity contribution >= 4 is 34.6 Å². The molecule has 0 saturated heterocycles. The van der Waals surface area contributed by atoms with Gasteiger partial charge in [-0.25, -0.2) is 0 Å². The number of aliphatic hydroxyl groups excluding tert-OH is 1. The largest absolute Gasteiger partial charge is 0.395 e. The first-order chi connectivity index (χ1) is 10.4. The molecule has 0 aliphatic carbocycles. The summed E-state index contributed by atoms with van der Waals surface area (Å²) in [7, 11) is 0. The highest BCUT2D eigenvalue weighted by molar-refractivity contribution is 6.31. The molecular formula is C17H17ClN2O2. The van der Waals surface area contributed by atoms with Crippen molar-refractivity contribution in [3.63, 3.8) is 0 Å². The van der Waals surface area contributed by atoms with E-state index in [1.165, 1.54) is 0 Å². The van der Waals surface area contributed by atoms with E-state index < -0.39 is 0 Å². The number of halogens is 1. The highest BCUT2D eigenvalue weighted by atomic mass is 35.5. The van der Waals surface area contributed by atoms with Crippen molar-refractivity contribution in [2.45, 2.75) is 19.3 Å². The van der Waals surface area contributed by atoms with E-state index in [1.807, 2.05) is 32.0 Å². The molecule has 0 spiro atoms. The Labute approximate surface area is 134 Å². The molecule has 0 atom stereocenters. The monoisotopic (exact) mass is 316 g/mol. The molecule has 3 N–H and O–H groups in total. The molecule has 1 amide bonds. The molecule has 22 heavy (non-hydrogen) atoms. The summed E-state index contributed by atoms with van der Waals surface area (Å²) < 4.78 is 0. The van der Waals surface area contributed by atoms with Gasteiger partial charge in [0.25, 0.3) is 5.91 Å². The standard InChI is InChI=1S/C17H17ClN2O2/c1-17(2,9-21)10-3-6-13-15(7-10)20-16(22)12-5-4-11(18)8-14(12)19-13/h3-8,19,21H,9H2,1-2H3,(H,20,22). The molecule has 2 aromatic carbocycles. The van der Waals surface area contributed by atoms with E-state index in [-0.39, 0.29) is 17.9 Å². The number of amides is 1. The number of nitrogens with one attached hydrogen (secondary N) is 2. The van der Waals surface area contributed by atoms with Gasteiger partial charge < -0.3 is 15.7 Å². The second kappa shape index (κ2) is 5.30. The van der Waals surface area contributed by atoms with Crippen molar-refractivity contribution in [2.24, 2.45) is 0 Å². The molecule has 5 heteroatoms. The summed E-state index contributed by atoms with van der Waals surface area (Å²) in [5, 5.41) is 16.2. The van der Waals surface area contributed by atoms with E-state index in [0.717, 1.165) is 11.3 Å². The highest BCUT2D eigenvalue weighted by Crippen LogP contribution is 2.36. The second-order valence-corrected chi connectivity index (χ2v) is 6.51. The molecule has 114 valence electrons. The van der Waals surface area contributed by atoms with E-state index in [4.69, 9.17) is 11.6 Å².